The van der Waals surface area contributed by atoms with Crippen molar-refractivity contribution in [1.82, 2.24) is 4.90 Å². The van der Waals surface area contributed by atoms with E-state index >= 15 is 0 Å². The first-order valence-corrected chi connectivity index (χ1v) is 9.04. The fraction of sp³-hybridized carbons (Fsp3) is 0.500. The second-order valence-electron chi connectivity index (χ2n) is 8.80. The highest BCUT2D eigenvalue weighted by atomic mass is 16.6. The summed E-state index contributed by atoms with van der Waals surface area (Å²) in [6.45, 7) is 7.63. The van der Waals surface area contributed by atoms with Gasteiger partial charge in [0.05, 0.1) is 4.92 Å². The van der Waals surface area contributed by atoms with Crippen molar-refractivity contribution in [3.63, 3.8) is 0 Å². The van der Waals surface area contributed by atoms with E-state index in [4.69, 9.17) is 0 Å². The minimum atomic E-state index is -0.552. The van der Waals surface area contributed by atoms with Gasteiger partial charge in [0.1, 0.15) is 11.6 Å². The van der Waals surface area contributed by atoms with Crippen molar-refractivity contribution in [2.24, 2.45) is 10.8 Å². The van der Waals surface area contributed by atoms with Gasteiger partial charge in [0, 0.05) is 36.6 Å². The molecule has 7 nitrogen and oxygen atoms in total. The van der Waals surface area contributed by atoms with E-state index < -0.39 is 10.8 Å². The largest absolute Gasteiger partial charge is 0.373 e. The highest BCUT2D eigenvalue weighted by Gasteiger charge is 2.48. The Kier molecular flexibility index (Phi) is 4.68. The number of nitrogens with one attached hydrogen (secondary N) is 1. The highest BCUT2D eigenvalue weighted by Crippen LogP contribution is 2.52. The average Bonchev–Trinajstić information content (AvgIpc) is 2.80. The number of anilines is 1. The van der Waals surface area contributed by atoms with Crippen LogP contribution in [0.4, 0.5) is 11.4 Å². The van der Waals surface area contributed by atoms with Gasteiger partial charge in [0.2, 0.25) is 0 Å². The predicted molar refractivity (Wildman–Crippen MR) is 102 cm³/mol. The molecule has 1 aliphatic carbocycles. The smallest absolute Gasteiger partial charge is 0.271 e. The van der Waals surface area contributed by atoms with Gasteiger partial charge in [0.15, 0.2) is 0 Å². The molecule has 2 aliphatic rings. The van der Waals surface area contributed by atoms with E-state index in [0.29, 0.717) is 11.7 Å². The quantitative estimate of drug-likeness (QED) is 0.377. The van der Waals surface area contributed by atoms with Crippen LogP contribution >= 0.6 is 0 Å². The van der Waals surface area contributed by atoms with Gasteiger partial charge in [0.25, 0.3) is 11.6 Å². The molecule has 2 bridgehead atoms. The van der Waals surface area contributed by atoms with Gasteiger partial charge >= 0.3 is 0 Å². The normalized spacial score (nSPS) is 26.4. The Morgan fingerprint density at radius 2 is 2.15 bits per heavy atom. The van der Waals surface area contributed by atoms with Crippen molar-refractivity contribution in [1.29, 1.82) is 5.26 Å². The number of non-ortho nitro benzene ring substituents is 1. The average molecular weight is 368 g/mol. The molecular weight excluding hydrogens is 344 g/mol. The van der Waals surface area contributed by atoms with Crippen molar-refractivity contribution in [2.45, 2.75) is 46.1 Å². The zero-order chi connectivity index (χ0) is 19.8. The van der Waals surface area contributed by atoms with E-state index in [9.17, 15) is 20.2 Å². The number of nitro groups is 1. The summed E-state index contributed by atoms with van der Waals surface area (Å²) < 4.78 is 0. The maximum absolute atomic E-state index is 12.5. The summed E-state index contributed by atoms with van der Waals surface area (Å²) in [6, 6.07) is 7.99. The number of carbonyl (C=O) groups is 1. The van der Waals surface area contributed by atoms with Crippen LogP contribution in [0.15, 0.2) is 36.0 Å². The lowest BCUT2D eigenvalue weighted by atomic mass is 9.65. The maximum atomic E-state index is 12.5. The summed E-state index contributed by atoms with van der Waals surface area (Å²) >= 11 is 0. The summed E-state index contributed by atoms with van der Waals surface area (Å²) in [5.74, 6) is -0.552. The number of likely N-dealkylation sites (tertiary alicyclic amines) is 1. The van der Waals surface area contributed by atoms with E-state index in [-0.39, 0.29) is 22.1 Å². The molecule has 0 radical (unpaired) electrons. The van der Waals surface area contributed by atoms with E-state index in [1.165, 1.54) is 18.2 Å². The number of carbonyl (C=O) groups excluding carboxylic acids is 1. The van der Waals surface area contributed by atoms with Crippen molar-refractivity contribution in [3.8, 4) is 6.07 Å². The van der Waals surface area contributed by atoms with Crippen LogP contribution in [0.1, 0.15) is 40.0 Å². The van der Waals surface area contributed by atoms with Gasteiger partial charge in [-0.1, -0.05) is 26.8 Å². The van der Waals surface area contributed by atoms with E-state index in [1.54, 1.807) is 12.3 Å². The Morgan fingerprint density at radius 1 is 1.41 bits per heavy atom. The van der Waals surface area contributed by atoms with E-state index in [0.717, 1.165) is 25.8 Å². The molecule has 0 aromatic heterocycles. The molecule has 142 valence electrons. The van der Waals surface area contributed by atoms with E-state index in [1.807, 2.05) is 6.07 Å². The Balaban J connectivity index is 1.77. The van der Waals surface area contributed by atoms with Crippen LogP contribution in [0.25, 0.3) is 0 Å². The molecule has 1 aliphatic heterocycles. The molecule has 7 heteroatoms. The molecule has 1 saturated carbocycles. The molecule has 2 atom stereocenters. The van der Waals surface area contributed by atoms with Crippen LogP contribution in [0.5, 0.6) is 0 Å². The molecule has 1 aromatic rings. The number of hydrogen-bond donors (Lipinski definition) is 1. The van der Waals surface area contributed by atoms with Crippen LogP contribution < -0.4 is 5.32 Å². The van der Waals surface area contributed by atoms with Gasteiger partial charge in [-0.3, -0.25) is 14.9 Å². The molecular formula is C20H24N4O3. The molecule has 1 amide bonds. The van der Waals surface area contributed by atoms with Gasteiger partial charge in [-0.2, -0.15) is 5.26 Å². The Labute approximate surface area is 158 Å². The lowest BCUT2D eigenvalue weighted by Crippen LogP contribution is -2.33. The standard InChI is InChI=1S/C20H24N4O3/c1-19(2)8-17-9-20(3,12-19)13-23(17)11-14(10-21)18(25)22-15-5-4-6-16(7-15)24(26)27/h4-7,11,17H,8-9,12-13H2,1-3H3,(H,22,25)/b14-11-. The van der Waals surface area contributed by atoms with Crippen molar-refractivity contribution < 1.29 is 9.72 Å². The summed E-state index contributed by atoms with van der Waals surface area (Å²) in [4.78, 5) is 25.0. The molecule has 1 N–H and O–H groups in total. The van der Waals surface area contributed by atoms with Crippen molar-refractivity contribution in [3.05, 3.63) is 46.2 Å². The first-order chi connectivity index (χ1) is 12.6. The van der Waals surface area contributed by atoms with Crippen LogP contribution in [0, 0.1) is 32.3 Å². The molecule has 1 heterocycles. The van der Waals surface area contributed by atoms with Crippen LogP contribution in [0.2, 0.25) is 0 Å². The van der Waals surface area contributed by atoms with Gasteiger partial charge < -0.3 is 10.2 Å². The van der Waals surface area contributed by atoms with Gasteiger partial charge in [-0.25, -0.2) is 0 Å². The van der Waals surface area contributed by atoms with Crippen LogP contribution in [-0.2, 0) is 4.79 Å². The monoisotopic (exact) mass is 368 g/mol. The second kappa shape index (κ2) is 6.69. The third-order valence-electron chi connectivity index (χ3n) is 5.43. The molecule has 1 aromatic carbocycles. The van der Waals surface area contributed by atoms with Gasteiger partial charge in [-0.05, 0) is 36.2 Å². The fourth-order valence-corrected chi connectivity index (χ4v) is 4.85. The van der Waals surface area contributed by atoms with Crippen LogP contribution in [0.3, 0.4) is 0 Å². The second-order valence-corrected chi connectivity index (χ2v) is 8.80. The molecule has 0 spiro atoms. The topological polar surface area (TPSA) is 99.3 Å². The number of nitriles is 1. The lowest BCUT2D eigenvalue weighted by Gasteiger charge is -2.39. The summed E-state index contributed by atoms with van der Waals surface area (Å²) in [6.07, 6.45) is 4.88. The van der Waals surface area contributed by atoms with Crippen LogP contribution in [-0.4, -0.2) is 28.3 Å². The summed E-state index contributed by atoms with van der Waals surface area (Å²) in [5, 5.41) is 22.9. The maximum Gasteiger partial charge on any atom is 0.271 e. The third-order valence-corrected chi connectivity index (χ3v) is 5.43. The zero-order valence-corrected chi connectivity index (χ0v) is 15.9. The third kappa shape index (κ3) is 4.11. The SMILES string of the molecule is CC1(C)CC2CC(C)(CN2/C=C(/C#N)C(=O)Nc2cccc([N+](=O)[O-])c2)C1. The Morgan fingerprint density at radius 3 is 2.81 bits per heavy atom. The highest BCUT2D eigenvalue weighted by molar-refractivity contribution is 6.06. The molecule has 2 unspecified atom stereocenters. The minimum Gasteiger partial charge on any atom is -0.373 e. The number of nitro benzene ring substituents is 1. The minimum absolute atomic E-state index is 0.00969. The van der Waals surface area contributed by atoms with Crippen molar-refractivity contribution >= 4 is 17.3 Å². The molecule has 1 saturated heterocycles. The number of hydrogen-bond acceptors (Lipinski definition) is 5. The van der Waals surface area contributed by atoms with Crippen molar-refractivity contribution in [2.75, 3.05) is 11.9 Å². The number of rotatable bonds is 4. The first kappa shape index (κ1) is 18.9. The number of fused-ring (bicyclic) bond motifs is 2. The Bertz CT molecular complexity index is 855. The molecule has 2 fully saturated rings. The zero-order valence-electron chi connectivity index (χ0n) is 15.9. The first-order valence-electron chi connectivity index (χ1n) is 9.04. The fourth-order valence-electron chi connectivity index (χ4n) is 4.85. The summed E-state index contributed by atoms with van der Waals surface area (Å²) in [7, 11) is 0. The number of benzene rings is 1. The van der Waals surface area contributed by atoms with E-state index in [2.05, 4.69) is 31.0 Å². The lowest BCUT2D eigenvalue weighted by molar-refractivity contribution is -0.384. The molecule has 3 rings (SSSR count). The summed E-state index contributed by atoms with van der Waals surface area (Å²) in [5.41, 5.74) is 0.635. The predicted octanol–water partition coefficient (Wildman–Crippen LogP) is 3.84. The number of nitrogens with zero attached hydrogens (tertiary/aromatic N) is 3. The Hall–Kier alpha value is -2.88. The number of amides is 1. The van der Waals surface area contributed by atoms with Gasteiger partial charge in [-0.15, -0.1) is 0 Å². The molecule has 27 heavy (non-hydrogen) atoms.